The molecular weight excluding hydrogens is 268 g/mol. The van der Waals surface area contributed by atoms with E-state index in [9.17, 15) is 4.79 Å². The van der Waals surface area contributed by atoms with Gasteiger partial charge in [0, 0.05) is 17.2 Å². The number of aliphatic carboxylic acids is 1. The average molecular weight is 286 g/mol. The Bertz CT molecular complexity index is 658. The number of carboxylic acid groups (broad SMARTS) is 1. The molecule has 0 radical (unpaired) electrons. The number of carbonyl (C=O) groups is 1. The van der Waals surface area contributed by atoms with Crippen LogP contribution >= 0.6 is 0 Å². The van der Waals surface area contributed by atoms with Crippen LogP contribution in [0.15, 0.2) is 46.0 Å². The number of hydrogen-bond donors (Lipinski definition) is 2. The van der Waals surface area contributed by atoms with Gasteiger partial charge in [-0.2, -0.15) is 0 Å². The van der Waals surface area contributed by atoms with Crippen molar-refractivity contribution in [3.05, 3.63) is 42.2 Å². The molecule has 0 fully saturated rings. The minimum atomic E-state index is -0.929. The Balaban J connectivity index is 2.03. The zero-order chi connectivity index (χ0) is 15.1. The van der Waals surface area contributed by atoms with Gasteiger partial charge in [-0.25, -0.2) is 4.79 Å². The number of aliphatic imine (C=N–C) groups is 1. The predicted molar refractivity (Wildman–Crippen MR) is 83.5 cm³/mol. The van der Waals surface area contributed by atoms with Crippen molar-refractivity contribution in [2.24, 2.45) is 10.7 Å². The smallest absolute Gasteiger partial charge is 0.328 e. The van der Waals surface area contributed by atoms with E-state index in [1.165, 1.54) is 6.21 Å². The highest BCUT2D eigenvalue weighted by atomic mass is 16.4. The number of carboxylic acids is 1. The van der Waals surface area contributed by atoms with Crippen molar-refractivity contribution in [3.8, 4) is 0 Å². The Kier molecular flexibility index (Phi) is 5.29. The van der Waals surface area contributed by atoms with E-state index >= 15 is 0 Å². The summed E-state index contributed by atoms with van der Waals surface area (Å²) in [5.74, 6) is -0.929. The van der Waals surface area contributed by atoms with Gasteiger partial charge in [-0.05, 0) is 37.6 Å². The van der Waals surface area contributed by atoms with E-state index in [4.69, 9.17) is 15.3 Å². The van der Waals surface area contributed by atoms with E-state index in [-0.39, 0.29) is 0 Å². The largest absolute Gasteiger partial charge is 0.480 e. The molecule has 21 heavy (non-hydrogen) atoms. The van der Waals surface area contributed by atoms with Crippen LogP contribution in [-0.4, -0.2) is 29.9 Å². The number of hydrogen-bond acceptors (Lipinski definition) is 4. The first kappa shape index (κ1) is 15.0. The Labute approximate surface area is 122 Å². The molecule has 0 unspecified atom stereocenters. The highest BCUT2D eigenvalue weighted by molar-refractivity contribution is 5.90. The molecule has 0 amide bonds. The summed E-state index contributed by atoms with van der Waals surface area (Å²) in [6, 6.07) is 6.98. The van der Waals surface area contributed by atoms with E-state index in [1.807, 2.05) is 30.3 Å². The van der Waals surface area contributed by atoms with Gasteiger partial charge in [0.1, 0.15) is 11.6 Å². The lowest BCUT2D eigenvalue weighted by Crippen LogP contribution is -2.19. The molecular formula is C16H18N2O3. The Morgan fingerprint density at radius 1 is 1.43 bits per heavy atom. The SMILES string of the molecule is NCCC[C@H](N=C/C=C/c1coc2ccccc12)C(=O)O. The van der Waals surface area contributed by atoms with Gasteiger partial charge in [-0.3, -0.25) is 4.99 Å². The summed E-state index contributed by atoms with van der Waals surface area (Å²) < 4.78 is 5.41. The van der Waals surface area contributed by atoms with Crippen LogP contribution in [-0.2, 0) is 4.79 Å². The number of furan rings is 1. The third kappa shape index (κ3) is 4.03. The van der Waals surface area contributed by atoms with Gasteiger partial charge >= 0.3 is 5.97 Å². The number of nitrogens with zero attached hydrogens (tertiary/aromatic N) is 1. The maximum atomic E-state index is 11.0. The molecule has 5 heteroatoms. The molecule has 1 aromatic heterocycles. The van der Waals surface area contributed by atoms with Gasteiger partial charge < -0.3 is 15.3 Å². The van der Waals surface area contributed by atoms with Crippen LogP contribution in [0.3, 0.4) is 0 Å². The maximum Gasteiger partial charge on any atom is 0.328 e. The predicted octanol–water partition coefficient (Wildman–Crippen LogP) is 2.71. The van der Waals surface area contributed by atoms with E-state index < -0.39 is 12.0 Å². The minimum absolute atomic E-state index is 0.449. The van der Waals surface area contributed by atoms with Crippen molar-refractivity contribution in [2.45, 2.75) is 18.9 Å². The van der Waals surface area contributed by atoms with Crippen molar-refractivity contribution in [1.29, 1.82) is 0 Å². The first-order valence-corrected chi connectivity index (χ1v) is 6.81. The van der Waals surface area contributed by atoms with E-state index in [0.717, 1.165) is 16.5 Å². The van der Waals surface area contributed by atoms with Crippen LogP contribution in [0.1, 0.15) is 18.4 Å². The summed E-state index contributed by atoms with van der Waals surface area (Å²) in [4.78, 5) is 15.1. The fraction of sp³-hybridized carbons (Fsp3) is 0.250. The quantitative estimate of drug-likeness (QED) is 0.766. The average Bonchev–Trinajstić information content (AvgIpc) is 2.89. The molecule has 1 heterocycles. The van der Waals surface area contributed by atoms with Crippen LogP contribution in [0.2, 0.25) is 0 Å². The van der Waals surface area contributed by atoms with E-state index in [2.05, 4.69) is 4.99 Å². The second-order valence-electron chi connectivity index (χ2n) is 4.63. The first-order valence-electron chi connectivity index (χ1n) is 6.81. The Morgan fingerprint density at radius 3 is 3.00 bits per heavy atom. The molecule has 1 atom stereocenters. The van der Waals surface area contributed by atoms with Crippen molar-refractivity contribution in [3.63, 3.8) is 0 Å². The van der Waals surface area contributed by atoms with E-state index in [1.54, 1.807) is 12.3 Å². The summed E-state index contributed by atoms with van der Waals surface area (Å²) in [7, 11) is 0. The van der Waals surface area contributed by atoms with Crippen LogP contribution < -0.4 is 5.73 Å². The monoisotopic (exact) mass is 286 g/mol. The fourth-order valence-corrected chi connectivity index (χ4v) is 2.00. The summed E-state index contributed by atoms with van der Waals surface area (Å²) in [6.07, 6.45) is 7.83. The lowest BCUT2D eigenvalue weighted by Gasteiger charge is -2.04. The first-order chi connectivity index (χ1) is 10.2. The third-order valence-electron chi connectivity index (χ3n) is 3.11. The highest BCUT2D eigenvalue weighted by Crippen LogP contribution is 2.21. The number of fused-ring (bicyclic) bond motifs is 1. The van der Waals surface area contributed by atoms with Crippen LogP contribution in [0, 0.1) is 0 Å². The molecule has 2 rings (SSSR count). The molecule has 0 saturated carbocycles. The molecule has 0 aliphatic heterocycles. The second-order valence-corrected chi connectivity index (χ2v) is 4.63. The number of allylic oxidation sites excluding steroid dienone is 1. The standard InChI is InChI=1S/C16H18N2O3/c17-9-3-7-14(16(19)20)18-10-4-5-12-11-21-15-8-2-1-6-13(12)15/h1-2,4-6,8,10-11,14H,3,7,9,17H2,(H,19,20)/b5-4+,18-10?/t14-/m0/s1. The molecule has 0 spiro atoms. The van der Waals surface area contributed by atoms with Crippen LogP contribution in [0.5, 0.6) is 0 Å². The molecule has 0 saturated heterocycles. The van der Waals surface area contributed by atoms with Crippen molar-refractivity contribution >= 4 is 29.2 Å². The van der Waals surface area contributed by atoms with E-state index in [0.29, 0.717) is 19.4 Å². The van der Waals surface area contributed by atoms with Gasteiger partial charge in [0.2, 0.25) is 0 Å². The van der Waals surface area contributed by atoms with Crippen molar-refractivity contribution in [2.75, 3.05) is 6.54 Å². The number of benzene rings is 1. The third-order valence-corrected chi connectivity index (χ3v) is 3.11. The zero-order valence-electron chi connectivity index (χ0n) is 11.6. The molecule has 0 aliphatic carbocycles. The minimum Gasteiger partial charge on any atom is -0.480 e. The number of nitrogens with two attached hydrogens (primary N) is 1. The topological polar surface area (TPSA) is 88.8 Å². The van der Waals surface area contributed by atoms with Gasteiger partial charge in [0.05, 0.1) is 6.26 Å². The molecule has 0 aliphatic rings. The molecule has 0 bridgehead atoms. The van der Waals surface area contributed by atoms with Gasteiger partial charge in [0.25, 0.3) is 0 Å². The maximum absolute atomic E-state index is 11.0. The fourth-order valence-electron chi connectivity index (χ4n) is 2.00. The second kappa shape index (κ2) is 7.40. The summed E-state index contributed by atoms with van der Waals surface area (Å²) in [5, 5.41) is 10.0. The van der Waals surface area contributed by atoms with Gasteiger partial charge in [0.15, 0.2) is 0 Å². The lowest BCUT2D eigenvalue weighted by molar-refractivity contribution is -0.138. The van der Waals surface area contributed by atoms with Crippen molar-refractivity contribution < 1.29 is 14.3 Å². The van der Waals surface area contributed by atoms with Gasteiger partial charge in [-0.1, -0.05) is 18.2 Å². The normalized spacial score (nSPS) is 13.4. The Morgan fingerprint density at radius 2 is 2.24 bits per heavy atom. The number of rotatable bonds is 7. The molecule has 1 aromatic carbocycles. The number of para-hydroxylation sites is 1. The lowest BCUT2D eigenvalue weighted by atomic mass is 10.1. The summed E-state index contributed by atoms with van der Waals surface area (Å²) >= 11 is 0. The van der Waals surface area contributed by atoms with Crippen LogP contribution in [0.4, 0.5) is 0 Å². The van der Waals surface area contributed by atoms with Crippen molar-refractivity contribution in [1.82, 2.24) is 0 Å². The van der Waals surface area contributed by atoms with Crippen LogP contribution in [0.25, 0.3) is 17.0 Å². The molecule has 3 N–H and O–H groups in total. The molecule has 2 aromatic rings. The summed E-state index contributed by atoms with van der Waals surface area (Å²) in [6.45, 7) is 0.468. The summed E-state index contributed by atoms with van der Waals surface area (Å²) in [5.41, 5.74) is 7.14. The molecule has 110 valence electrons. The van der Waals surface area contributed by atoms with Gasteiger partial charge in [-0.15, -0.1) is 0 Å². The zero-order valence-corrected chi connectivity index (χ0v) is 11.6. The molecule has 5 nitrogen and oxygen atoms in total. The highest BCUT2D eigenvalue weighted by Gasteiger charge is 2.13. The Hall–Kier alpha value is -2.40.